The number of carbonyl (C=O) groups excluding carboxylic acids is 1. The van der Waals surface area contributed by atoms with Crippen LogP contribution in [-0.2, 0) is 4.79 Å². The van der Waals surface area contributed by atoms with Crippen LogP contribution in [0.3, 0.4) is 0 Å². The monoisotopic (exact) mass is 296 g/mol. The van der Waals surface area contributed by atoms with E-state index < -0.39 is 0 Å². The molecule has 3 rings (SSSR count). The number of nitrogens with one attached hydrogen (secondary N) is 1. The minimum Gasteiger partial charge on any atom is -0.484 e. The lowest BCUT2D eigenvalue weighted by atomic mass is 10.3. The highest BCUT2D eigenvalue weighted by Crippen LogP contribution is 2.12. The number of nitrogens with zero attached hydrogens (tertiary/aromatic N) is 3. The molecule has 1 unspecified atom stereocenters. The van der Waals surface area contributed by atoms with E-state index in [9.17, 15) is 4.79 Å². The van der Waals surface area contributed by atoms with Gasteiger partial charge in [0.05, 0.1) is 6.04 Å². The summed E-state index contributed by atoms with van der Waals surface area (Å²) in [6, 6.07) is 14.6. The highest BCUT2D eigenvalue weighted by molar-refractivity contribution is 5.77. The van der Waals surface area contributed by atoms with Crippen LogP contribution in [0.25, 0.3) is 5.65 Å². The predicted molar refractivity (Wildman–Crippen MR) is 81.5 cm³/mol. The Hall–Kier alpha value is -2.89. The number of hydrogen-bond acceptors (Lipinski definition) is 4. The Labute approximate surface area is 127 Å². The van der Waals surface area contributed by atoms with Crippen LogP contribution < -0.4 is 10.1 Å². The summed E-state index contributed by atoms with van der Waals surface area (Å²) in [5.74, 6) is 1.14. The van der Waals surface area contributed by atoms with Crippen LogP contribution in [0.4, 0.5) is 0 Å². The van der Waals surface area contributed by atoms with Gasteiger partial charge in [-0.1, -0.05) is 24.3 Å². The fourth-order valence-electron chi connectivity index (χ4n) is 2.17. The first-order valence-electron chi connectivity index (χ1n) is 7.01. The number of fused-ring (bicyclic) bond motifs is 1. The molecular formula is C16H16N4O2. The second kappa shape index (κ2) is 6.26. The Balaban J connectivity index is 1.61. The van der Waals surface area contributed by atoms with Gasteiger partial charge in [0.15, 0.2) is 18.1 Å². The molecule has 0 spiro atoms. The van der Waals surface area contributed by atoms with E-state index in [1.54, 1.807) is 0 Å². The summed E-state index contributed by atoms with van der Waals surface area (Å²) in [6.07, 6.45) is 1.87. The molecule has 0 fully saturated rings. The van der Waals surface area contributed by atoms with Crippen LogP contribution in [0.15, 0.2) is 54.7 Å². The summed E-state index contributed by atoms with van der Waals surface area (Å²) in [7, 11) is 0. The molecule has 0 saturated heterocycles. The number of benzene rings is 1. The number of hydrogen-bond donors (Lipinski definition) is 1. The van der Waals surface area contributed by atoms with Crippen LogP contribution in [0.5, 0.6) is 5.75 Å². The van der Waals surface area contributed by atoms with Crippen molar-refractivity contribution >= 4 is 11.6 Å². The average molecular weight is 296 g/mol. The number of carbonyl (C=O) groups is 1. The Morgan fingerprint density at radius 2 is 1.95 bits per heavy atom. The number of para-hydroxylation sites is 1. The third-order valence-electron chi connectivity index (χ3n) is 3.22. The number of rotatable bonds is 5. The van der Waals surface area contributed by atoms with Gasteiger partial charge in [0, 0.05) is 6.20 Å². The molecule has 0 aliphatic heterocycles. The Morgan fingerprint density at radius 3 is 2.77 bits per heavy atom. The summed E-state index contributed by atoms with van der Waals surface area (Å²) in [4.78, 5) is 12.0. The van der Waals surface area contributed by atoms with Crippen molar-refractivity contribution in [2.24, 2.45) is 0 Å². The lowest BCUT2D eigenvalue weighted by Gasteiger charge is -2.13. The van der Waals surface area contributed by atoms with Crippen LogP contribution >= 0.6 is 0 Å². The molecule has 1 amide bonds. The quantitative estimate of drug-likeness (QED) is 0.781. The molecule has 112 valence electrons. The van der Waals surface area contributed by atoms with E-state index in [0.717, 1.165) is 5.65 Å². The minimum absolute atomic E-state index is 0.0366. The van der Waals surface area contributed by atoms with Gasteiger partial charge in [-0.2, -0.15) is 0 Å². The molecule has 0 bridgehead atoms. The second-order valence-electron chi connectivity index (χ2n) is 4.88. The van der Waals surface area contributed by atoms with Gasteiger partial charge >= 0.3 is 0 Å². The topological polar surface area (TPSA) is 68.5 Å². The first-order chi connectivity index (χ1) is 10.7. The Morgan fingerprint density at radius 1 is 1.18 bits per heavy atom. The van der Waals surface area contributed by atoms with E-state index in [2.05, 4.69) is 15.5 Å². The van der Waals surface area contributed by atoms with Gasteiger partial charge in [-0.05, 0) is 31.2 Å². The van der Waals surface area contributed by atoms with E-state index in [1.165, 1.54) is 0 Å². The maximum atomic E-state index is 12.0. The molecule has 6 nitrogen and oxygen atoms in total. The van der Waals surface area contributed by atoms with Crippen molar-refractivity contribution in [1.29, 1.82) is 0 Å². The zero-order chi connectivity index (χ0) is 15.4. The van der Waals surface area contributed by atoms with Gasteiger partial charge in [-0.25, -0.2) is 0 Å². The molecule has 1 atom stereocenters. The maximum Gasteiger partial charge on any atom is 0.258 e. The largest absolute Gasteiger partial charge is 0.484 e. The van der Waals surface area contributed by atoms with E-state index >= 15 is 0 Å². The lowest BCUT2D eigenvalue weighted by Crippen LogP contribution is -2.32. The van der Waals surface area contributed by atoms with Gasteiger partial charge < -0.3 is 10.1 Å². The summed E-state index contributed by atoms with van der Waals surface area (Å²) in [6.45, 7) is 1.83. The Bertz CT molecular complexity index is 770. The first kappa shape index (κ1) is 14.1. The first-order valence-corrected chi connectivity index (χ1v) is 7.01. The third kappa shape index (κ3) is 3.06. The van der Waals surface area contributed by atoms with Crippen LogP contribution in [0.1, 0.15) is 18.8 Å². The van der Waals surface area contributed by atoms with E-state index in [4.69, 9.17) is 4.74 Å². The molecular weight excluding hydrogens is 280 g/mol. The van der Waals surface area contributed by atoms with E-state index in [1.807, 2.05) is 66.1 Å². The number of ether oxygens (including phenoxy) is 1. The van der Waals surface area contributed by atoms with Gasteiger partial charge in [-0.3, -0.25) is 9.20 Å². The van der Waals surface area contributed by atoms with Gasteiger partial charge in [0.2, 0.25) is 0 Å². The van der Waals surface area contributed by atoms with Gasteiger partial charge in [-0.15, -0.1) is 10.2 Å². The van der Waals surface area contributed by atoms with Crippen molar-refractivity contribution in [1.82, 2.24) is 19.9 Å². The van der Waals surface area contributed by atoms with Crippen molar-refractivity contribution in [2.45, 2.75) is 13.0 Å². The molecule has 6 heteroatoms. The van der Waals surface area contributed by atoms with Crippen LogP contribution in [0.2, 0.25) is 0 Å². The number of pyridine rings is 1. The molecule has 3 aromatic rings. The fraction of sp³-hybridized carbons (Fsp3) is 0.188. The molecule has 22 heavy (non-hydrogen) atoms. The van der Waals surface area contributed by atoms with Crippen LogP contribution in [-0.4, -0.2) is 27.1 Å². The summed E-state index contributed by atoms with van der Waals surface area (Å²) >= 11 is 0. The van der Waals surface area contributed by atoms with E-state index in [0.29, 0.717) is 11.6 Å². The maximum absolute atomic E-state index is 12.0. The standard InChI is InChI=1S/C16H16N4O2/c1-12(16-19-18-14-9-5-6-10-20(14)16)17-15(21)11-22-13-7-3-2-4-8-13/h2-10,12H,11H2,1H3,(H,17,21). The van der Waals surface area contributed by atoms with Crippen molar-refractivity contribution < 1.29 is 9.53 Å². The Kier molecular flexibility index (Phi) is 4.00. The molecule has 1 N–H and O–H groups in total. The zero-order valence-electron chi connectivity index (χ0n) is 12.1. The summed E-state index contributed by atoms with van der Waals surface area (Å²) in [5.41, 5.74) is 0.749. The molecule has 0 aliphatic carbocycles. The van der Waals surface area contributed by atoms with Crippen molar-refractivity contribution in [2.75, 3.05) is 6.61 Å². The number of amides is 1. The van der Waals surface area contributed by atoms with Crippen LogP contribution in [0, 0.1) is 0 Å². The normalized spacial score (nSPS) is 12.0. The average Bonchev–Trinajstić information content (AvgIpc) is 2.98. The van der Waals surface area contributed by atoms with E-state index in [-0.39, 0.29) is 18.6 Å². The van der Waals surface area contributed by atoms with Crippen molar-refractivity contribution in [3.63, 3.8) is 0 Å². The second-order valence-corrected chi connectivity index (χ2v) is 4.88. The molecule has 2 heterocycles. The summed E-state index contributed by atoms with van der Waals surface area (Å²) < 4.78 is 7.27. The molecule has 1 aromatic carbocycles. The molecule has 0 radical (unpaired) electrons. The van der Waals surface area contributed by atoms with Gasteiger partial charge in [0.25, 0.3) is 5.91 Å². The molecule has 0 aliphatic rings. The predicted octanol–water partition coefficient (Wildman–Crippen LogP) is 1.99. The van der Waals surface area contributed by atoms with Crippen molar-refractivity contribution in [3.8, 4) is 5.75 Å². The fourth-order valence-corrected chi connectivity index (χ4v) is 2.17. The molecule has 0 saturated carbocycles. The zero-order valence-corrected chi connectivity index (χ0v) is 12.1. The van der Waals surface area contributed by atoms with Crippen molar-refractivity contribution in [3.05, 3.63) is 60.6 Å². The third-order valence-corrected chi connectivity index (χ3v) is 3.22. The minimum atomic E-state index is -0.260. The smallest absolute Gasteiger partial charge is 0.258 e. The highest BCUT2D eigenvalue weighted by Gasteiger charge is 2.15. The lowest BCUT2D eigenvalue weighted by molar-refractivity contribution is -0.123. The number of aromatic nitrogens is 3. The highest BCUT2D eigenvalue weighted by atomic mass is 16.5. The SMILES string of the molecule is CC(NC(=O)COc1ccccc1)c1nnc2ccccn12. The summed E-state index contributed by atoms with van der Waals surface area (Å²) in [5, 5.41) is 11.1. The molecule has 2 aromatic heterocycles. The van der Waals surface area contributed by atoms with Gasteiger partial charge in [0.1, 0.15) is 5.75 Å².